The number of amides is 1. The van der Waals surface area contributed by atoms with Crippen molar-refractivity contribution in [2.24, 2.45) is 0 Å². The molecule has 1 aliphatic carbocycles. The maximum Gasteiger partial charge on any atom is 0.317 e. The van der Waals surface area contributed by atoms with Gasteiger partial charge in [-0.05, 0) is 61.9 Å². The number of hydrogen-bond acceptors (Lipinski definition) is 3. The Labute approximate surface area is 192 Å². The molecule has 1 N–H and O–H groups in total. The summed E-state index contributed by atoms with van der Waals surface area (Å²) in [4.78, 5) is 38.0. The summed E-state index contributed by atoms with van der Waals surface area (Å²) >= 11 is 0. The van der Waals surface area contributed by atoms with Crippen LogP contribution < -0.4 is 16.4 Å². The topological polar surface area (TPSA) is 73.1 Å². The summed E-state index contributed by atoms with van der Waals surface area (Å²) in [5, 5.41) is 2.99. The molecule has 0 bridgehead atoms. The van der Waals surface area contributed by atoms with Gasteiger partial charge in [-0.25, -0.2) is 0 Å². The summed E-state index contributed by atoms with van der Waals surface area (Å²) in [5.74, 6) is -0.104. The summed E-state index contributed by atoms with van der Waals surface area (Å²) in [6.07, 6.45) is 9.58. The van der Waals surface area contributed by atoms with Gasteiger partial charge in [-0.2, -0.15) is 0 Å². The standard InChI is InChI=1S/C27H29N3O3/c1-2-18-29-23-10-6-7-11-24(23)30(27(33)26(29)32)19-21-12-14-22(15-13-21)25(31)28-17-16-20-8-4-3-5-9-20/h2,6-8,10-15H,1,3-5,9,16-19H2,(H,28,31). The number of allylic oxidation sites excluding steroid dienone is 2. The van der Waals surface area contributed by atoms with Gasteiger partial charge in [0.1, 0.15) is 0 Å². The second-order valence-electron chi connectivity index (χ2n) is 8.40. The van der Waals surface area contributed by atoms with Crippen LogP contribution in [0.2, 0.25) is 0 Å². The molecule has 1 aromatic heterocycles. The van der Waals surface area contributed by atoms with E-state index in [1.165, 1.54) is 27.5 Å². The van der Waals surface area contributed by atoms with Crippen molar-refractivity contribution in [1.82, 2.24) is 14.5 Å². The molecule has 1 heterocycles. The molecule has 6 nitrogen and oxygen atoms in total. The second kappa shape index (κ2) is 10.3. The van der Waals surface area contributed by atoms with Gasteiger partial charge in [0.15, 0.2) is 0 Å². The van der Waals surface area contributed by atoms with Crippen LogP contribution in [-0.2, 0) is 13.1 Å². The maximum atomic E-state index is 12.8. The number of hydrogen-bond donors (Lipinski definition) is 1. The summed E-state index contributed by atoms with van der Waals surface area (Å²) in [6.45, 7) is 4.84. The molecule has 0 saturated heterocycles. The minimum atomic E-state index is -0.575. The molecule has 0 aliphatic heterocycles. The fraction of sp³-hybridized carbons (Fsp3) is 0.296. The van der Waals surface area contributed by atoms with Crippen LogP contribution in [0.1, 0.15) is 48.0 Å². The van der Waals surface area contributed by atoms with Gasteiger partial charge in [-0.3, -0.25) is 23.5 Å². The summed E-state index contributed by atoms with van der Waals surface area (Å²) in [6, 6.07) is 14.5. The minimum absolute atomic E-state index is 0.104. The average Bonchev–Trinajstić information content (AvgIpc) is 2.85. The number of benzene rings is 2. The highest BCUT2D eigenvalue weighted by atomic mass is 16.2. The smallest absolute Gasteiger partial charge is 0.317 e. The van der Waals surface area contributed by atoms with E-state index in [4.69, 9.17) is 0 Å². The Bertz CT molecular complexity index is 1310. The highest BCUT2D eigenvalue weighted by Gasteiger charge is 2.13. The van der Waals surface area contributed by atoms with Crippen LogP contribution in [0.25, 0.3) is 11.0 Å². The zero-order chi connectivity index (χ0) is 23.2. The lowest BCUT2D eigenvalue weighted by Crippen LogP contribution is -2.41. The number of carbonyl (C=O) groups is 1. The monoisotopic (exact) mass is 443 g/mol. The Balaban J connectivity index is 1.49. The second-order valence-corrected chi connectivity index (χ2v) is 8.40. The fourth-order valence-corrected chi connectivity index (χ4v) is 4.35. The summed E-state index contributed by atoms with van der Waals surface area (Å²) < 4.78 is 2.93. The van der Waals surface area contributed by atoms with Gasteiger partial charge in [-0.15, -0.1) is 6.58 Å². The SMILES string of the molecule is C=CCn1c(=O)c(=O)n(Cc2ccc(C(=O)NCCC3=CCCCC3)cc2)c2ccccc21. The predicted molar refractivity (Wildman–Crippen MR) is 132 cm³/mol. The largest absolute Gasteiger partial charge is 0.352 e. The first-order valence-electron chi connectivity index (χ1n) is 11.5. The van der Waals surface area contributed by atoms with Gasteiger partial charge < -0.3 is 5.32 Å². The quantitative estimate of drug-likeness (QED) is 0.422. The minimum Gasteiger partial charge on any atom is -0.352 e. The van der Waals surface area contributed by atoms with Crippen molar-refractivity contribution in [2.45, 2.75) is 45.2 Å². The van der Waals surface area contributed by atoms with Crippen LogP contribution >= 0.6 is 0 Å². The van der Waals surface area contributed by atoms with Crippen LogP contribution in [-0.4, -0.2) is 21.6 Å². The highest BCUT2D eigenvalue weighted by molar-refractivity contribution is 5.94. The third kappa shape index (κ3) is 5.06. The number of aromatic nitrogens is 2. The zero-order valence-electron chi connectivity index (χ0n) is 18.8. The molecule has 6 heteroatoms. The molecule has 1 amide bonds. The molecule has 170 valence electrons. The lowest BCUT2D eigenvalue weighted by molar-refractivity contribution is 0.0954. The van der Waals surface area contributed by atoms with Crippen molar-refractivity contribution in [1.29, 1.82) is 0 Å². The first-order chi connectivity index (χ1) is 16.1. The van der Waals surface area contributed by atoms with Gasteiger partial charge in [0.2, 0.25) is 0 Å². The van der Waals surface area contributed by atoms with Crippen molar-refractivity contribution in [3.63, 3.8) is 0 Å². The maximum absolute atomic E-state index is 12.8. The van der Waals surface area contributed by atoms with Crippen molar-refractivity contribution in [2.75, 3.05) is 6.54 Å². The number of fused-ring (bicyclic) bond motifs is 1. The molecule has 3 aromatic rings. The van der Waals surface area contributed by atoms with E-state index < -0.39 is 11.1 Å². The highest BCUT2D eigenvalue weighted by Crippen LogP contribution is 2.19. The molecule has 33 heavy (non-hydrogen) atoms. The Morgan fingerprint density at radius 1 is 0.970 bits per heavy atom. The van der Waals surface area contributed by atoms with E-state index in [9.17, 15) is 14.4 Å². The van der Waals surface area contributed by atoms with Crippen molar-refractivity contribution < 1.29 is 4.79 Å². The van der Waals surface area contributed by atoms with Crippen molar-refractivity contribution in [3.05, 3.63) is 105 Å². The van der Waals surface area contributed by atoms with Gasteiger partial charge in [0.05, 0.1) is 17.6 Å². The Morgan fingerprint density at radius 3 is 2.33 bits per heavy atom. The molecule has 0 unspecified atom stereocenters. The van der Waals surface area contributed by atoms with Crippen LogP contribution in [0, 0.1) is 0 Å². The Hall–Kier alpha value is -3.67. The van der Waals surface area contributed by atoms with E-state index in [0.29, 0.717) is 23.1 Å². The lowest BCUT2D eigenvalue weighted by atomic mass is 9.97. The fourth-order valence-electron chi connectivity index (χ4n) is 4.35. The van der Waals surface area contributed by atoms with E-state index in [1.807, 2.05) is 36.4 Å². The first-order valence-corrected chi connectivity index (χ1v) is 11.5. The third-order valence-corrected chi connectivity index (χ3v) is 6.12. The van der Waals surface area contributed by atoms with Gasteiger partial charge in [-0.1, -0.05) is 42.0 Å². The number of nitrogens with one attached hydrogen (secondary N) is 1. The molecular formula is C27H29N3O3. The first kappa shape index (κ1) is 22.5. The van der Waals surface area contributed by atoms with E-state index in [0.717, 1.165) is 24.8 Å². The van der Waals surface area contributed by atoms with E-state index in [-0.39, 0.29) is 19.0 Å². The molecule has 4 rings (SSSR count). The third-order valence-electron chi connectivity index (χ3n) is 6.12. The van der Waals surface area contributed by atoms with Gasteiger partial charge in [0, 0.05) is 18.7 Å². The number of para-hydroxylation sites is 2. The lowest BCUT2D eigenvalue weighted by Gasteiger charge is -2.14. The number of rotatable bonds is 8. The van der Waals surface area contributed by atoms with Crippen molar-refractivity contribution >= 4 is 16.9 Å². The van der Waals surface area contributed by atoms with Crippen LogP contribution in [0.15, 0.2) is 82.4 Å². The Morgan fingerprint density at radius 2 is 1.67 bits per heavy atom. The van der Waals surface area contributed by atoms with Gasteiger partial charge in [0.25, 0.3) is 5.91 Å². The molecule has 0 atom stereocenters. The van der Waals surface area contributed by atoms with Crippen molar-refractivity contribution in [3.8, 4) is 0 Å². The molecule has 0 spiro atoms. The Kier molecular flexibility index (Phi) is 7.03. The zero-order valence-corrected chi connectivity index (χ0v) is 18.8. The van der Waals surface area contributed by atoms with Crippen LogP contribution in [0.5, 0.6) is 0 Å². The molecule has 0 fully saturated rings. The molecular weight excluding hydrogens is 414 g/mol. The van der Waals surface area contributed by atoms with E-state index in [1.54, 1.807) is 18.2 Å². The average molecular weight is 444 g/mol. The van der Waals surface area contributed by atoms with Gasteiger partial charge >= 0.3 is 11.1 Å². The van der Waals surface area contributed by atoms with Crippen LogP contribution in [0.3, 0.4) is 0 Å². The summed E-state index contributed by atoms with van der Waals surface area (Å²) in [7, 11) is 0. The number of nitrogens with zero attached hydrogens (tertiary/aromatic N) is 2. The van der Waals surface area contributed by atoms with E-state index in [2.05, 4.69) is 18.0 Å². The molecule has 0 radical (unpaired) electrons. The number of carbonyl (C=O) groups excluding carboxylic acids is 1. The predicted octanol–water partition coefficient (Wildman–Crippen LogP) is 4.02. The normalized spacial score (nSPS) is 13.5. The molecule has 0 saturated carbocycles. The van der Waals surface area contributed by atoms with E-state index >= 15 is 0 Å². The summed E-state index contributed by atoms with van der Waals surface area (Å²) in [5.41, 5.74) is 3.08. The van der Waals surface area contributed by atoms with Crippen LogP contribution in [0.4, 0.5) is 0 Å². The molecule has 1 aliphatic rings. The molecule has 2 aromatic carbocycles.